The maximum absolute atomic E-state index is 13.6. The molecule has 0 radical (unpaired) electrons. The summed E-state index contributed by atoms with van der Waals surface area (Å²) in [5, 5.41) is 10.5. The molecule has 0 bridgehead atoms. The fourth-order valence-corrected chi connectivity index (χ4v) is 2.37. The number of hydrogen-bond acceptors (Lipinski definition) is 4. The standard InChI is InChI=1S/C16H23F9N2O5/c1-13(17,15(21,22)23)16(24,25)32-11(14(18,19)20)12(30)26-5-4-6-27(2,7-8-31-3)9-10(28)29/h11H,4-9H2,1-3H3,(H-,26,28,29,30)/p+1. The van der Waals surface area contributed by atoms with E-state index in [-0.39, 0.29) is 30.6 Å². The molecule has 3 atom stereocenters. The molecule has 190 valence electrons. The summed E-state index contributed by atoms with van der Waals surface area (Å²) in [6.07, 6.45) is -22.5. The fraction of sp³-hybridized carbons (Fsp3) is 0.875. The van der Waals surface area contributed by atoms with Gasteiger partial charge in [0.05, 0.1) is 20.2 Å². The molecule has 0 heterocycles. The molecule has 32 heavy (non-hydrogen) atoms. The van der Waals surface area contributed by atoms with Gasteiger partial charge in [-0.1, -0.05) is 0 Å². The van der Waals surface area contributed by atoms with Crippen molar-refractivity contribution >= 4 is 11.9 Å². The van der Waals surface area contributed by atoms with Gasteiger partial charge >= 0.3 is 24.4 Å². The molecule has 0 aromatic carbocycles. The maximum atomic E-state index is 13.6. The van der Waals surface area contributed by atoms with Gasteiger partial charge in [0.2, 0.25) is 6.10 Å². The Hall–Kier alpha value is -1.81. The molecular formula is C16H24F9N2O5+. The third-order valence-corrected chi connectivity index (χ3v) is 4.41. The fourth-order valence-electron chi connectivity index (χ4n) is 2.37. The van der Waals surface area contributed by atoms with Crippen LogP contribution in [0.15, 0.2) is 0 Å². The van der Waals surface area contributed by atoms with Crippen LogP contribution in [0.25, 0.3) is 0 Å². The molecule has 0 aliphatic rings. The summed E-state index contributed by atoms with van der Waals surface area (Å²) in [6, 6.07) is 0. The first kappa shape index (κ1) is 30.2. The van der Waals surface area contributed by atoms with Crippen LogP contribution >= 0.6 is 0 Å². The molecule has 1 amide bonds. The molecule has 7 nitrogen and oxygen atoms in total. The number of carboxylic acids is 1. The van der Waals surface area contributed by atoms with Crippen molar-refractivity contribution in [3.05, 3.63) is 0 Å². The normalized spacial score (nSPS) is 17.9. The van der Waals surface area contributed by atoms with Gasteiger partial charge in [0.1, 0.15) is 6.54 Å². The van der Waals surface area contributed by atoms with E-state index in [1.165, 1.54) is 14.2 Å². The monoisotopic (exact) mass is 495 g/mol. The average Bonchev–Trinajstić information content (AvgIpc) is 2.59. The molecule has 2 N–H and O–H groups in total. The molecule has 0 aromatic rings. The number of hydrogen-bond donors (Lipinski definition) is 2. The lowest BCUT2D eigenvalue weighted by Crippen LogP contribution is -2.59. The van der Waals surface area contributed by atoms with E-state index in [1.54, 1.807) is 5.32 Å². The Morgan fingerprint density at radius 1 is 1.03 bits per heavy atom. The Kier molecular flexibility index (Phi) is 10.3. The number of carboxylic acid groups (broad SMARTS) is 1. The number of aliphatic carboxylic acids is 1. The number of halogens is 9. The van der Waals surface area contributed by atoms with Crippen LogP contribution in [0.4, 0.5) is 39.5 Å². The number of ether oxygens (including phenoxy) is 2. The van der Waals surface area contributed by atoms with Gasteiger partial charge in [0, 0.05) is 20.1 Å². The third kappa shape index (κ3) is 8.61. The number of rotatable bonds is 13. The highest BCUT2D eigenvalue weighted by molar-refractivity contribution is 5.81. The summed E-state index contributed by atoms with van der Waals surface area (Å²) in [5.41, 5.74) is -5.51. The van der Waals surface area contributed by atoms with Gasteiger partial charge < -0.3 is 19.6 Å². The number of carbonyl (C=O) groups excluding carboxylic acids is 1. The van der Waals surface area contributed by atoms with Crippen molar-refractivity contribution in [1.82, 2.24) is 5.32 Å². The minimum Gasteiger partial charge on any atom is -0.477 e. The predicted molar refractivity (Wildman–Crippen MR) is 89.4 cm³/mol. The van der Waals surface area contributed by atoms with Crippen molar-refractivity contribution < 1.29 is 68.2 Å². The SMILES string of the molecule is COCC[N+](C)(CCCNC(=O)C(OC(F)(F)C(C)(F)C(F)(F)F)C(F)(F)F)CC(=O)O. The van der Waals surface area contributed by atoms with Crippen molar-refractivity contribution in [2.75, 3.05) is 46.9 Å². The van der Waals surface area contributed by atoms with Gasteiger partial charge in [-0.3, -0.25) is 9.53 Å². The van der Waals surface area contributed by atoms with Crippen molar-refractivity contribution in [2.24, 2.45) is 0 Å². The van der Waals surface area contributed by atoms with Crippen LogP contribution in [0.3, 0.4) is 0 Å². The first-order valence-corrected chi connectivity index (χ1v) is 8.90. The summed E-state index contributed by atoms with van der Waals surface area (Å²) >= 11 is 0. The lowest BCUT2D eigenvalue weighted by atomic mass is 10.1. The second kappa shape index (κ2) is 10.9. The number of nitrogens with zero attached hydrogens (tertiary/aromatic N) is 1. The summed E-state index contributed by atoms with van der Waals surface area (Å²) in [5.74, 6) is -3.46. The Balaban J connectivity index is 5.22. The van der Waals surface area contributed by atoms with Crippen LogP contribution in [0.5, 0.6) is 0 Å². The number of nitrogens with one attached hydrogen (secondary N) is 1. The Morgan fingerprint density at radius 3 is 1.97 bits per heavy atom. The summed E-state index contributed by atoms with van der Waals surface area (Å²) in [4.78, 5) is 22.7. The molecule has 0 saturated carbocycles. The van der Waals surface area contributed by atoms with Crippen molar-refractivity contribution in [3.8, 4) is 0 Å². The van der Waals surface area contributed by atoms with E-state index in [9.17, 15) is 49.1 Å². The lowest BCUT2D eigenvalue weighted by molar-refractivity contribution is -0.903. The zero-order valence-corrected chi connectivity index (χ0v) is 17.2. The Labute approximate surface area is 177 Å². The number of likely N-dealkylation sites (N-methyl/N-ethyl adjacent to an activating group) is 1. The van der Waals surface area contributed by atoms with Gasteiger partial charge in [-0.05, 0) is 6.92 Å². The number of alkyl halides is 9. The van der Waals surface area contributed by atoms with Gasteiger partial charge in [-0.25, -0.2) is 9.18 Å². The van der Waals surface area contributed by atoms with E-state index in [0.29, 0.717) is 0 Å². The molecule has 0 rings (SSSR count). The van der Waals surface area contributed by atoms with Crippen LogP contribution in [0, 0.1) is 0 Å². The van der Waals surface area contributed by atoms with Crippen LogP contribution in [-0.2, 0) is 19.1 Å². The minimum atomic E-state index is -6.29. The zero-order valence-electron chi connectivity index (χ0n) is 17.2. The highest BCUT2D eigenvalue weighted by Gasteiger charge is 2.71. The minimum absolute atomic E-state index is 0.000264. The van der Waals surface area contributed by atoms with E-state index in [1.807, 2.05) is 0 Å². The van der Waals surface area contributed by atoms with Crippen LogP contribution in [0.2, 0.25) is 0 Å². The van der Waals surface area contributed by atoms with Gasteiger partial charge in [0.15, 0.2) is 6.54 Å². The molecular weight excluding hydrogens is 471 g/mol. The van der Waals surface area contributed by atoms with Gasteiger partial charge in [0.25, 0.3) is 11.6 Å². The Bertz CT molecular complexity index is 640. The summed E-state index contributed by atoms with van der Waals surface area (Å²) < 4.78 is 124. The molecule has 0 saturated heterocycles. The molecule has 3 unspecified atom stereocenters. The second-order valence-corrected chi connectivity index (χ2v) is 7.31. The van der Waals surface area contributed by atoms with E-state index in [4.69, 9.17) is 9.84 Å². The van der Waals surface area contributed by atoms with Crippen molar-refractivity contribution in [3.63, 3.8) is 0 Å². The first-order valence-electron chi connectivity index (χ1n) is 8.90. The molecule has 0 fully saturated rings. The summed E-state index contributed by atoms with van der Waals surface area (Å²) in [6.45, 7) is -1.39. The van der Waals surface area contributed by atoms with Crippen LogP contribution in [0.1, 0.15) is 13.3 Å². The third-order valence-electron chi connectivity index (χ3n) is 4.41. The van der Waals surface area contributed by atoms with Gasteiger partial charge in [-0.15, -0.1) is 0 Å². The molecule has 0 spiro atoms. The molecule has 16 heteroatoms. The molecule has 0 aliphatic carbocycles. The number of quaternary nitrogens is 1. The van der Waals surface area contributed by atoms with Crippen LogP contribution < -0.4 is 5.32 Å². The van der Waals surface area contributed by atoms with E-state index >= 15 is 0 Å². The number of amides is 1. The predicted octanol–water partition coefficient (Wildman–Crippen LogP) is 2.50. The van der Waals surface area contributed by atoms with E-state index in [2.05, 4.69) is 4.74 Å². The number of carbonyl (C=O) groups is 2. The van der Waals surface area contributed by atoms with Crippen molar-refractivity contribution in [2.45, 2.75) is 43.6 Å². The average molecular weight is 495 g/mol. The quantitative estimate of drug-likeness (QED) is 0.233. The Morgan fingerprint density at radius 2 is 1.56 bits per heavy atom. The smallest absolute Gasteiger partial charge is 0.430 e. The van der Waals surface area contributed by atoms with Crippen LogP contribution in [-0.4, -0.2) is 98.6 Å². The highest BCUT2D eigenvalue weighted by atomic mass is 19.4. The molecule has 0 aromatic heterocycles. The maximum Gasteiger partial charge on any atom is 0.430 e. The summed E-state index contributed by atoms with van der Waals surface area (Å²) in [7, 11) is 2.83. The van der Waals surface area contributed by atoms with Crippen molar-refractivity contribution in [1.29, 1.82) is 0 Å². The topological polar surface area (TPSA) is 84.9 Å². The van der Waals surface area contributed by atoms with Gasteiger partial charge in [-0.2, -0.15) is 35.1 Å². The number of methoxy groups -OCH3 is 1. The lowest BCUT2D eigenvalue weighted by Gasteiger charge is -2.34. The largest absolute Gasteiger partial charge is 0.477 e. The zero-order chi connectivity index (χ0) is 25.6. The molecule has 0 aliphatic heterocycles. The highest BCUT2D eigenvalue weighted by Crippen LogP contribution is 2.47. The van der Waals surface area contributed by atoms with E-state index < -0.39 is 62.1 Å². The second-order valence-electron chi connectivity index (χ2n) is 7.31. The first-order chi connectivity index (χ1) is 14.2. The van der Waals surface area contributed by atoms with E-state index in [0.717, 1.165) is 0 Å².